The fourth-order valence-electron chi connectivity index (χ4n) is 1.44. The zero-order chi connectivity index (χ0) is 12.0. The maximum absolute atomic E-state index is 11.0. The zero-order valence-corrected chi connectivity index (χ0v) is 10.4. The van der Waals surface area contributed by atoms with Crippen molar-refractivity contribution in [3.63, 3.8) is 0 Å². The normalized spacial score (nSPS) is 10.9. The Hall–Kier alpha value is -1.57. The molecule has 1 aromatic rings. The molecule has 0 amide bonds. The number of methoxy groups -OCH3 is 1. The largest absolute Gasteiger partial charge is 0.469 e. The summed E-state index contributed by atoms with van der Waals surface area (Å²) in [6, 6.07) is 8.98. The van der Waals surface area contributed by atoms with E-state index in [1.165, 1.54) is 7.11 Å². The summed E-state index contributed by atoms with van der Waals surface area (Å²) < 4.78 is 4.53. The van der Waals surface area contributed by atoms with Gasteiger partial charge in [-0.3, -0.25) is 4.79 Å². The highest BCUT2D eigenvalue weighted by molar-refractivity contribution is 5.85. The van der Waals surface area contributed by atoms with Crippen molar-refractivity contribution in [1.29, 1.82) is 5.26 Å². The molecule has 1 rings (SSSR count). The topological polar surface area (TPSA) is 76.1 Å². The van der Waals surface area contributed by atoms with Crippen LogP contribution in [-0.4, -0.2) is 19.1 Å². The number of rotatable bonds is 4. The standard InChI is InChI=1S/C12H14N2O2.ClH/c1-16-12(15)7-11(14)6-9-3-2-4-10(5-9)8-13;/h2-5,11H,6-7,14H2,1H3;1H/t11-;/m0./s1. The van der Waals surface area contributed by atoms with E-state index >= 15 is 0 Å². The molecule has 4 nitrogen and oxygen atoms in total. The van der Waals surface area contributed by atoms with E-state index in [4.69, 9.17) is 11.0 Å². The Morgan fingerprint density at radius 2 is 2.29 bits per heavy atom. The van der Waals surface area contributed by atoms with Crippen LogP contribution in [0, 0.1) is 11.3 Å². The molecular weight excluding hydrogens is 240 g/mol. The molecule has 17 heavy (non-hydrogen) atoms. The first-order chi connectivity index (χ1) is 7.65. The van der Waals surface area contributed by atoms with Crippen LogP contribution in [0.5, 0.6) is 0 Å². The van der Waals surface area contributed by atoms with Crippen LogP contribution < -0.4 is 5.73 Å². The molecular formula is C12H15ClN2O2. The average Bonchev–Trinajstić information content (AvgIpc) is 2.28. The van der Waals surface area contributed by atoms with Crippen LogP contribution >= 0.6 is 12.4 Å². The highest BCUT2D eigenvalue weighted by Gasteiger charge is 2.10. The van der Waals surface area contributed by atoms with Gasteiger partial charge in [0.1, 0.15) is 0 Å². The van der Waals surface area contributed by atoms with E-state index in [1.54, 1.807) is 18.2 Å². The molecule has 0 radical (unpaired) electrons. The van der Waals surface area contributed by atoms with E-state index in [1.807, 2.05) is 6.07 Å². The molecule has 1 atom stereocenters. The van der Waals surface area contributed by atoms with E-state index in [0.29, 0.717) is 12.0 Å². The fraction of sp³-hybridized carbons (Fsp3) is 0.333. The Morgan fingerprint density at radius 3 is 2.88 bits per heavy atom. The van der Waals surface area contributed by atoms with Crippen LogP contribution in [0.25, 0.3) is 0 Å². The van der Waals surface area contributed by atoms with Gasteiger partial charge in [-0.05, 0) is 24.1 Å². The summed E-state index contributed by atoms with van der Waals surface area (Å²) in [6.45, 7) is 0. The monoisotopic (exact) mass is 254 g/mol. The number of ether oxygens (including phenoxy) is 1. The first kappa shape index (κ1) is 15.4. The summed E-state index contributed by atoms with van der Waals surface area (Å²) in [4.78, 5) is 11.0. The molecule has 0 bridgehead atoms. The third kappa shape index (κ3) is 5.34. The smallest absolute Gasteiger partial charge is 0.307 e. The molecule has 1 aromatic carbocycles. The maximum Gasteiger partial charge on any atom is 0.307 e. The predicted octanol–water partition coefficient (Wildman–Crippen LogP) is 1.41. The number of carbonyl (C=O) groups excluding carboxylic acids is 1. The first-order valence-electron chi connectivity index (χ1n) is 4.97. The number of esters is 1. The van der Waals surface area contributed by atoms with Crippen LogP contribution in [0.3, 0.4) is 0 Å². The quantitative estimate of drug-likeness (QED) is 0.825. The number of hydrogen-bond donors (Lipinski definition) is 1. The van der Waals surface area contributed by atoms with Gasteiger partial charge >= 0.3 is 5.97 Å². The summed E-state index contributed by atoms with van der Waals surface area (Å²) in [7, 11) is 1.34. The van der Waals surface area contributed by atoms with Crippen molar-refractivity contribution in [2.75, 3.05) is 7.11 Å². The molecule has 0 unspecified atom stereocenters. The number of nitrogens with zero attached hydrogens (tertiary/aromatic N) is 1. The Labute approximate surface area is 107 Å². The van der Waals surface area contributed by atoms with Gasteiger partial charge in [0.25, 0.3) is 0 Å². The van der Waals surface area contributed by atoms with E-state index in [9.17, 15) is 4.79 Å². The summed E-state index contributed by atoms with van der Waals surface area (Å²) in [5, 5.41) is 8.72. The number of carbonyl (C=O) groups is 1. The first-order valence-corrected chi connectivity index (χ1v) is 4.97. The lowest BCUT2D eigenvalue weighted by Crippen LogP contribution is -2.26. The number of hydrogen-bond acceptors (Lipinski definition) is 4. The SMILES string of the molecule is COC(=O)C[C@@H](N)Cc1cccc(C#N)c1.Cl. The molecule has 0 saturated carbocycles. The fourth-order valence-corrected chi connectivity index (χ4v) is 1.44. The second-order valence-corrected chi connectivity index (χ2v) is 3.56. The van der Waals surface area contributed by atoms with Gasteiger partial charge in [0.05, 0.1) is 25.2 Å². The molecule has 2 N–H and O–H groups in total. The lowest BCUT2D eigenvalue weighted by Gasteiger charge is -2.10. The highest BCUT2D eigenvalue weighted by atomic mass is 35.5. The third-order valence-electron chi connectivity index (χ3n) is 2.21. The van der Waals surface area contributed by atoms with Crippen LogP contribution in [0.2, 0.25) is 0 Å². The molecule has 0 aliphatic heterocycles. The molecule has 0 aromatic heterocycles. The minimum absolute atomic E-state index is 0. The van der Waals surface area contributed by atoms with Crippen LogP contribution in [0.1, 0.15) is 17.5 Å². The molecule has 0 heterocycles. The van der Waals surface area contributed by atoms with Gasteiger partial charge < -0.3 is 10.5 Å². The second-order valence-electron chi connectivity index (χ2n) is 3.56. The van der Waals surface area contributed by atoms with E-state index in [0.717, 1.165) is 5.56 Å². The summed E-state index contributed by atoms with van der Waals surface area (Å²) in [6.07, 6.45) is 0.748. The van der Waals surface area contributed by atoms with Gasteiger partial charge in [0.15, 0.2) is 0 Å². The maximum atomic E-state index is 11.0. The van der Waals surface area contributed by atoms with Crippen LogP contribution in [-0.2, 0) is 16.0 Å². The van der Waals surface area contributed by atoms with E-state index in [2.05, 4.69) is 10.8 Å². The van der Waals surface area contributed by atoms with Crippen molar-refractivity contribution in [2.45, 2.75) is 18.9 Å². The van der Waals surface area contributed by atoms with Gasteiger partial charge in [-0.25, -0.2) is 0 Å². The van der Waals surface area contributed by atoms with Gasteiger partial charge in [-0.15, -0.1) is 12.4 Å². The Bertz CT molecular complexity index is 415. The number of nitrogens with two attached hydrogens (primary N) is 1. The Kier molecular flexibility index (Phi) is 6.95. The Balaban J connectivity index is 0.00000256. The zero-order valence-electron chi connectivity index (χ0n) is 9.55. The van der Waals surface area contributed by atoms with Crippen molar-refractivity contribution in [3.8, 4) is 6.07 Å². The second kappa shape index (κ2) is 7.66. The van der Waals surface area contributed by atoms with Crippen molar-refractivity contribution < 1.29 is 9.53 Å². The van der Waals surface area contributed by atoms with Gasteiger partial charge in [0.2, 0.25) is 0 Å². The lowest BCUT2D eigenvalue weighted by molar-refractivity contribution is -0.140. The van der Waals surface area contributed by atoms with Crippen LogP contribution in [0.15, 0.2) is 24.3 Å². The third-order valence-corrected chi connectivity index (χ3v) is 2.21. The van der Waals surface area contributed by atoms with Gasteiger partial charge in [-0.2, -0.15) is 5.26 Å². The molecule has 5 heteroatoms. The number of nitriles is 1. The molecule has 0 spiro atoms. The molecule has 0 fully saturated rings. The average molecular weight is 255 g/mol. The van der Waals surface area contributed by atoms with Crippen molar-refractivity contribution in [2.24, 2.45) is 5.73 Å². The molecule has 0 aliphatic carbocycles. The van der Waals surface area contributed by atoms with Crippen molar-refractivity contribution >= 4 is 18.4 Å². The van der Waals surface area contributed by atoms with E-state index < -0.39 is 0 Å². The van der Waals surface area contributed by atoms with Crippen molar-refractivity contribution in [1.82, 2.24) is 0 Å². The molecule has 0 saturated heterocycles. The van der Waals surface area contributed by atoms with Crippen molar-refractivity contribution in [3.05, 3.63) is 35.4 Å². The minimum Gasteiger partial charge on any atom is -0.469 e. The van der Waals surface area contributed by atoms with Gasteiger partial charge in [0, 0.05) is 6.04 Å². The van der Waals surface area contributed by atoms with Gasteiger partial charge in [-0.1, -0.05) is 12.1 Å². The summed E-state index contributed by atoms with van der Waals surface area (Å²) in [5.41, 5.74) is 7.34. The summed E-state index contributed by atoms with van der Waals surface area (Å²) >= 11 is 0. The lowest BCUT2D eigenvalue weighted by atomic mass is 10.0. The number of benzene rings is 1. The minimum atomic E-state index is -0.316. The highest BCUT2D eigenvalue weighted by Crippen LogP contribution is 2.08. The molecule has 92 valence electrons. The predicted molar refractivity (Wildman–Crippen MR) is 66.7 cm³/mol. The number of halogens is 1. The van der Waals surface area contributed by atoms with E-state index in [-0.39, 0.29) is 30.8 Å². The summed E-state index contributed by atoms with van der Waals surface area (Å²) in [5.74, 6) is -0.316. The molecule has 0 aliphatic rings. The Morgan fingerprint density at radius 1 is 1.59 bits per heavy atom. The van der Waals surface area contributed by atoms with Crippen LogP contribution in [0.4, 0.5) is 0 Å².